The standard InChI is InChI=1S/C21H27ClN4O2/c1-16-21(27)26-9-2-4-19(26)14-25(16)13-17-12-18(22)5-6-20(17)28-11-3-8-24-10-7-23-15-24/h5-7,10,12,15-16,19H,2-4,8-9,11,13-14H2,1H3/t16-,19-/m0/s1. The number of fused-ring (bicyclic) bond motifs is 1. The van der Waals surface area contributed by atoms with Crippen LogP contribution in [0.5, 0.6) is 5.75 Å². The number of hydrogen-bond donors (Lipinski definition) is 0. The van der Waals surface area contributed by atoms with Crippen molar-refractivity contribution >= 4 is 17.5 Å². The summed E-state index contributed by atoms with van der Waals surface area (Å²) in [4.78, 5) is 21.1. The summed E-state index contributed by atoms with van der Waals surface area (Å²) >= 11 is 6.26. The predicted octanol–water partition coefficient (Wildman–Crippen LogP) is 3.20. The van der Waals surface area contributed by atoms with E-state index >= 15 is 0 Å². The molecule has 28 heavy (non-hydrogen) atoms. The molecule has 0 radical (unpaired) electrons. The van der Waals surface area contributed by atoms with Crippen molar-refractivity contribution in [2.45, 2.75) is 51.4 Å². The molecule has 150 valence electrons. The van der Waals surface area contributed by atoms with Gasteiger partial charge in [-0.2, -0.15) is 0 Å². The van der Waals surface area contributed by atoms with Crippen LogP contribution in [0.25, 0.3) is 0 Å². The van der Waals surface area contributed by atoms with Crippen molar-refractivity contribution in [3.05, 3.63) is 47.5 Å². The highest BCUT2D eigenvalue weighted by molar-refractivity contribution is 6.30. The van der Waals surface area contributed by atoms with Gasteiger partial charge < -0.3 is 14.2 Å². The first kappa shape index (κ1) is 19.3. The molecule has 2 aromatic rings. The molecule has 0 bridgehead atoms. The highest BCUT2D eigenvalue weighted by Crippen LogP contribution is 2.30. The summed E-state index contributed by atoms with van der Waals surface area (Å²) in [7, 11) is 0. The zero-order chi connectivity index (χ0) is 19.5. The minimum absolute atomic E-state index is 0.109. The van der Waals surface area contributed by atoms with Crippen molar-refractivity contribution in [2.75, 3.05) is 19.7 Å². The maximum atomic E-state index is 12.7. The van der Waals surface area contributed by atoms with Crippen LogP contribution in [0.1, 0.15) is 31.7 Å². The van der Waals surface area contributed by atoms with Crippen LogP contribution in [0.3, 0.4) is 0 Å². The van der Waals surface area contributed by atoms with E-state index in [2.05, 4.69) is 14.8 Å². The van der Waals surface area contributed by atoms with Gasteiger partial charge in [-0.3, -0.25) is 9.69 Å². The average molecular weight is 403 g/mol. The minimum Gasteiger partial charge on any atom is -0.493 e. The van der Waals surface area contributed by atoms with Gasteiger partial charge in [-0.25, -0.2) is 4.98 Å². The molecule has 3 heterocycles. The van der Waals surface area contributed by atoms with E-state index in [1.165, 1.54) is 0 Å². The molecule has 1 aromatic carbocycles. The number of carbonyl (C=O) groups excluding carboxylic acids is 1. The Morgan fingerprint density at radius 3 is 3.07 bits per heavy atom. The molecule has 0 aliphatic carbocycles. The Kier molecular flexibility index (Phi) is 5.87. The Morgan fingerprint density at radius 2 is 2.25 bits per heavy atom. The van der Waals surface area contributed by atoms with Crippen LogP contribution in [0.4, 0.5) is 0 Å². The third kappa shape index (κ3) is 4.18. The highest BCUT2D eigenvalue weighted by Gasteiger charge is 2.40. The van der Waals surface area contributed by atoms with Crippen LogP contribution in [-0.4, -0.2) is 57.0 Å². The number of rotatable bonds is 7. The van der Waals surface area contributed by atoms with Gasteiger partial charge in [0.15, 0.2) is 0 Å². The first-order valence-electron chi connectivity index (χ1n) is 10.0. The molecule has 0 spiro atoms. The summed E-state index contributed by atoms with van der Waals surface area (Å²) < 4.78 is 8.11. The first-order valence-corrected chi connectivity index (χ1v) is 10.4. The molecule has 2 saturated heterocycles. The summed E-state index contributed by atoms with van der Waals surface area (Å²) in [6, 6.07) is 6.00. The lowest BCUT2D eigenvalue weighted by Crippen LogP contribution is -2.58. The first-order chi connectivity index (χ1) is 13.6. The molecule has 1 amide bonds. The van der Waals surface area contributed by atoms with Crippen molar-refractivity contribution in [1.29, 1.82) is 0 Å². The van der Waals surface area contributed by atoms with Gasteiger partial charge >= 0.3 is 0 Å². The van der Waals surface area contributed by atoms with Crippen LogP contribution < -0.4 is 4.74 Å². The van der Waals surface area contributed by atoms with Crippen molar-refractivity contribution in [3.63, 3.8) is 0 Å². The number of aryl methyl sites for hydroxylation is 1. The lowest BCUT2D eigenvalue weighted by molar-refractivity contribution is -0.143. The molecule has 4 rings (SSSR count). The van der Waals surface area contributed by atoms with Crippen LogP contribution >= 0.6 is 11.6 Å². The summed E-state index contributed by atoms with van der Waals surface area (Å²) in [5.41, 5.74) is 1.04. The quantitative estimate of drug-likeness (QED) is 0.667. The van der Waals surface area contributed by atoms with Gasteiger partial charge in [0, 0.05) is 55.2 Å². The monoisotopic (exact) mass is 402 g/mol. The molecule has 7 heteroatoms. The number of ether oxygens (including phenoxy) is 1. The summed E-state index contributed by atoms with van der Waals surface area (Å²) in [6.45, 7) is 6.00. The van der Waals surface area contributed by atoms with E-state index in [4.69, 9.17) is 16.3 Å². The van der Waals surface area contributed by atoms with E-state index in [0.29, 0.717) is 24.2 Å². The van der Waals surface area contributed by atoms with E-state index in [1.807, 2.05) is 42.2 Å². The fourth-order valence-corrected chi connectivity index (χ4v) is 4.42. The number of halogens is 1. The fourth-order valence-electron chi connectivity index (χ4n) is 4.22. The lowest BCUT2D eigenvalue weighted by atomic mass is 10.1. The number of nitrogens with zero attached hydrogens (tertiary/aromatic N) is 4. The van der Waals surface area contributed by atoms with Crippen LogP contribution in [0.15, 0.2) is 36.9 Å². The second-order valence-corrected chi connectivity index (χ2v) is 8.12. The maximum absolute atomic E-state index is 12.7. The minimum atomic E-state index is -0.109. The molecule has 1 aromatic heterocycles. The van der Waals surface area contributed by atoms with Crippen LogP contribution in [0.2, 0.25) is 5.02 Å². The summed E-state index contributed by atoms with van der Waals surface area (Å²) in [5.74, 6) is 1.10. The topological polar surface area (TPSA) is 50.6 Å². The molecule has 2 aliphatic rings. The van der Waals surface area contributed by atoms with E-state index in [9.17, 15) is 4.79 Å². The van der Waals surface area contributed by atoms with Gasteiger partial charge in [0.1, 0.15) is 5.75 Å². The van der Waals surface area contributed by atoms with Gasteiger partial charge in [0.25, 0.3) is 0 Å². The zero-order valence-electron chi connectivity index (χ0n) is 16.3. The number of benzene rings is 1. The zero-order valence-corrected chi connectivity index (χ0v) is 17.0. The Labute approximate surface area is 171 Å². The van der Waals surface area contributed by atoms with E-state index < -0.39 is 0 Å². The normalized spacial score (nSPS) is 22.5. The molecule has 0 saturated carbocycles. The van der Waals surface area contributed by atoms with Gasteiger partial charge in [-0.1, -0.05) is 11.6 Å². The average Bonchev–Trinajstić information content (AvgIpc) is 3.36. The lowest BCUT2D eigenvalue weighted by Gasteiger charge is -2.41. The van der Waals surface area contributed by atoms with Crippen molar-refractivity contribution in [3.8, 4) is 5.75 Å². The molecule has 0 N–H and O–H groups in total. The van der Waals surface area contributed by atoms with Gasteiger partial charge in [0.2, 0.25) is 5.91 Å². The number of imidazole rings is 1. The molecule has 2 fully saturated rings. The van der Waals surface area contributed by atoms with Gasteiger partial charge in [-0.15, -0.1) is 0 Å². The van der Waals surface area contributed by atoms with Gasteiger partial charge in [0.05, 0.1) is 19.0 Å². The Morgan fingerprint density at radius 1 is 1.36 bits per heavy atom. The number of amides is 1. The number of carbonyl (C=O) groups is 1. The van der Waals surface area contributed by atoms with Crippen molar-refractivity contribution in [1.82, 2.24) is 19.4 Å². The third-order valence-corrected chi connectivity index (χ3v) is 6.02. The van der Waals surface area contributed by atoms with Crippen LogP contribution in [0, 0.1) is 0 Å². The van der Waals surface area contributed by atoms with Crippen molar-refractivity contribution in [2.24, 2.45) is 0 Å². The second-order valence-electron chi connectivity index (χ2n) is 7.69. The van der Waals surface area contributed by atoms with Gasteiger partial charge in [-0.05, 0) is 44.4 Å². The fraction of sp³-hybridized carbons (Fsp3) is 0.524. The summed E-state index contributed by atoms with van der Waals surface area (Å²) in [6.07, 6.45) is 8.66. The molecular formula is C21H27ClN4O2. The van der Waals surface area contributed by atoms with E-state index in [1.54, 1.807) is 6.20 Å². The molecule has 2 aliphatic heterocycles. The molecular weight excluding hydrogens is 376 g/mol. The molecule has 2 atom stereocenters. The molecule has 0 unspecified atom stereocenters. The molecule has 6 nitrogen and oxygen atoms in total. The third-order valence-electron chi connectivity index (χ3n) is 5.78. The SMILES string of the molecule is C[C@H]1C(=O)N2CCC[C@H]2CN1Cc1cc(Cl)ccc1OCCCn1ccnc1. The summed E-state index contributed by atoms with van der Waals surface area (Å²) in [5, 5.41) is 0.694. The second kappa shape index (κ2) is 8.53. The van der Waals surface area contributed by atoms with Crippen molar-refractivity contribution < 1.29 is 9.53 Å². The largest absolute Gasteiger partial charge is 0.493 e. The maximum Gasteiger partial charge on any atom is 0.239 e. The number of hydrogen-bond acceptors (Lipinski definition) is 4. The highest BCUT2D eigenvalue weighted by atomic mass is 35.5. The Bertz CT molecular complexity index is 811. The number of aromatic nitrogens is 2. The van der Waals surface area contributed by atoms with E-state index in [0.717, 1.165) is 50.2 Å². The van der Waals surface area contributed by atoms with Crippen LogP contribution in [-0.2, 0) is 17.9 Å². The predicted molar refractivity (Wildman–Crippen MR) is 108 cm³/mol. The number of piperazine rings is 1. The van der Waals surface area contributed by atoms with E-state index in [-0.39, 0.29) is 11.9 Å². The Balaban J connectivity index is 1.40. The smallest absolute Gasteiger partial charge is 0.239 e. The Hall–Kier alpha value is -2.05.